The summed E-state index contributed by atoms with van der Waals surface area (Å²) in [7, 11) is 4.28. The van der Waals surface area contributed by atoms with Gasteiger partial charge < -0.3 is 14.6 Å². The Morgan fingerprint density at radius 2 is 1.66 bits per heavy atom. The Bertz CT molecular complexity index is 1420. The highest BCUT2D eigenvalue weighted by atomic mass is 35.5. The fraction of sp³-hybridized carbons (Fsp3) is 0.280. The Morgan fingerprint density at radius 3 is 2.23 bits per heavy atom. The Morgan fingerprint density at radius 1 is 1.03 bits per heavy atom. The number of methoxy groups -OCH3 is 1. The van der Waals surface area contributed by atoms with Gasteiger partial charge in [-0.3, -0.25) is 14.2 Å². The number of hydrogen-bond acceptors (Lipinski definition) is 5. The molecule has 0 radical (unpaired) electrons. The summed E-state index contributed by atoms with van der Waals surface area (Å²) >= 11 is 12.3. The van der Waals surface area contributed by atoms with Crippen molar-refractivity contribution >= 4 is 35.1 Å². The molecular formula is C25H25Cl2N3O5. The second-order valence-corrected chi connectivity index (χ2v) is 8.98. The molecule has 8 nitrogen and oxygen atoms in total. The van der Waals surface area contributed by atoms with E-state index in [4.69, 9.17) is 27.9 Å². The van der Waals surface area contributed by atoms with Gasteiger partial charge in [0.15, 0.2) is 0 Å². The number of hydrogen-bond donors (Lipinski definition) is 1. The molecule has 35 heavy (non-hydrogen) atoms. The highest BCUT2D eigenvalue weighted by Crippen LogP contribution is 2.26. The van der Waals surface area contributed by atoms with Gasteiger partial charge in [0.2, 0.25) is 0 Å². The van der Waals surface area contributed by atoms with Crippen LogP contribution in [0.4, 0.5) is 0 Å². The monoisotopic (exact) mass is 517 g/mol. The molecule has 3 aromatic rings. The molecule has 1 aromatic heterocycles. The molecule has 2 aromatic carbocycles. The lowest BCUT2D eigenvalue weighted by molar-refractivity contribution is -0.142. The van der Waals surface area contributed by atoms with Crippen LogP contribution >= 0.6 is 23.2 Å². The number of halogens is 2. The fourth-order valence-electron chi connectivity index (χ4n) is 3.91. The minimum atomic E-state index is -1.00. The Hall–Kier alpha value is -3.36. The molecule has 3 rings (SSSR count). The molecular weight excluding hydrogens is 493 g/mol. The third-order valence-corrected chi connectivity index (χ3v) is 6.57. The van der Waals surface area contributed by atoms with Gasteiger partial charge in [-0.05, 0) is 42.7 Å². The highest BCUT2D eigenvalue weighted by Gasteiger charge is 2.25. The van der Waals surface area contributed by atoms with Crippen molar-refractivity contribution in [1.82, 2.24) is 14.5 Å². The first-order valence-corrected chi connectivity index (χ1v) is 11.4. The molecule has 1 heterocycles. The number of aromatic nitrogens is 2. The molecule has 0 saturated heterocycles. The summed E-state index contributed by atoms with van der Waals surface area (Å²) in [6.07, 6.45) is 0.131. The van der Waals surface area contributed by atoms with Crippen LogP contribution in [0.1, 0.15) is 27.2 Å². The first kappa shape index (κ1) is 26.2. The number of ether oxygens (including phenoxy) is 1. The molecule has 0 spiro atoms. The van der Waals surface area contributed by atoms with Gasteiger partial charge in [-0.15, -0.1) is 0 Å². The number of aryl methyl sites for hydroxylation is 1. The van der Waals surface area contributed by atoms with Gasteiger partial charge in [0.05, 0.1) is 28.3 Å². The molecule has 0 fully saturated rings. The first-order valence-electron chi connectivity index (χ1n) is 10.7. The topological polar surface area (TPSA) is 99.4 Å². The van der Waals surface area contributed by atoms with E-state index >= 15 is 0 Å². The largest absolute Gasteiger partial charge is 0.467 e. The summed E-state index contributed by atoms with van der Waals surface area (Å²) in [6, 6.07) is 9.02. The van der Waals surface area contributed by atoms with E-state index in [1.165, 1.54) is 30.9 Å². The molecule has 0 aliphatic carbocycles. The maximum absolute atomic E-state index is 12.8. The molecule has 0 aliphatic rings. The lowest BCUT2D eigenvalue weighted by Crippen LogP contribution is -2.43. The Balaban J connectivity index is 1.95. The zero-order valence-corrected chi connectivity index (χ0v) is 21.5. The second-order valence-electron chi connectivity index (χ2n) is 8.17. The summed E-state index contributed by atoms with van der Waals surface area (Å²) < 4.78 is 7.37. The van der Waals surface area contributed by atoms with E-state index in [0.717, 1.165) is 15.7 Å². The Labute approximate surface area is 212 Å². The van der Waals surface area contributed by atoms with Crippen LogP contribution in [0, 0.1) is 13.8 Å². The van der Waals surface area contributed by atoms with Gasteiger partial charge in [0.25, 0.3) is 11.5 Å². The number of nitrogens with zero attached hydrogens (tertiary/aromatic N) is 2. The maximum atomic E-state index is 12.8. The lowest BCUT2D eigenvalue weighted by Gasteiger charge is -2.19. The molecule has 0 unspecified atom stereocenters. The summed E-state index contributed by atoms with van der Waals surface area (Å²) in [5.74, 6) is -1.24. The van der Waals surface area contributed by atoms with Crippen molar-refractivity contribution in [3.05, 3.63) is 89.7 Å². The molecule has 1 amide bonds. The number of carbonyl (C=O) groups excluding carboxylic acids is 2. The normalized spacial score (nSPS) is 11.7. The van der Waals surface area contributed by atoms with Crippen molar-refractivity contribution in [3.63, 3.8) is 0 Å². The molecule has 0 saturated carbocycles. The average Bonchev–Trinajstić information content (AvgIpc) is 2.81. The van der Waals surface area contributed by atoms with Crippen molar-refractivity contribution in [2.45, 2.75) is 26.3 Å². The number of carbonyl (C=O) groups is 2. The van der Waals surface area contributed by atoms with Crippen molar-refractivity contribution in [2.24, 2.45) is 14.1 Å². The van der Waals surface area contributed by atoms with E-state index < -0.39 is 29.2 Å². The van der Waals surface area contributed by atoms with E-state index in [9.17, 15) is 19.2 Å². The number of benzene rings is 2. The second kappa shape index (κ2) is 10.5. The number of nitrogens with one attached hydrogen (secondary N) is 1. The van der Waals surface area contributed by atoms with Crippen LogP contribution in [0.3, 0.4) is 0 Å². The summed E-state index contributed by atoms with van der Waals surface area (Å²) in [5.41, 5.74) is 2.41. The number of rotatable bonds is 6. The van der Waals surface area contributed by atoms with Gasteiger partial charge >= 0.3 is 11.7 Å². The molecule has 1 N–H and O–H groups in total. The fourth-order valence-corrected chi connectivity index (χ4v) is 4.47. The van der Waals surface area contributed by atoms with Gasteiger partial charge in [0, 0.05) is 26.2 Å². The minimum Gasteiger partial charge on any atom is -0.467 e. The van der Waals surface area contributed by atoms with Crippen LogP contribution in [0.5, 0.6) is 0 Å². The third-order valence-electron chi connectivity index (χ3n) is 5.94. The van der Waals surface area contributed by atoms with Crippen molar-refractivity contribution < 1.29 is 14.3 Å². The molecule has 184 valence electrons. The van der Waals surface area contributed by atoms with Crippen molar-refractivity contribution in [3.8, 4) is 11.1 Å². The highest BCUT2D eigenvalue weighted by molar-refractivity contribution is 6.39. The van der Waals surface area contributed by atoms with Crippen LogP contribution in [0.2, 0.25) is 10.0 Å². The van der Waals surface area contributed by atoms with Gasteiger partial charge in [-0.2, -0.15) is 0 Å². The van der Waals surface area contributed by atoms with E-state index in [1.807, 2.05) is 13.0 Å². The van der Waals surface area contributed by atoms with Gasteiger partial charge in [-0.1, -0.05) is 47.5 Å². The minimum absolute atomic E-state index is 0.0669. The summed E-state index contributed by atoms with van der Waals surface area (Å²) in [5, 5.41) is 2.97. The number of esters is 1. The van der Waals surface area contributed by atoms with E-state index in [-0.39, 0.29) is 22.0 Å². The molecule has 0 aliphatic heterocycles. The average molecular weight is 518 g/mol. The standard InChI is InChI=1S/C25H25Cl2N3O5/c1-13-11-15(9-10-16(13)20-14(2)29(3)25(34)30(4)23(20)32)12-19(24(33)35-5)28-22(31)21-17(26)7-6-8-18(21)27/h6-11,19H,12H2,1-5H3,(H,28,31)/t19-/m0/s1. The summed E-state index contributed by atoms with van der Waals surface area (Å²) in [4.78, 5) is 50.3. The quantitative estimate of drug-likeness (QED) is 0.506. The third kappa shape index (κ3) is 5.18. The SMILES string of the molecule is COC(=O)[C@H](Cc1ccc(-c2c(C)n(C)c(=O)n(C)c2=O)c(C)c1)NC(=O)c1c(Cl)cccc1Cl. The predicted octanol–water partition coefficient (Wildman–Crippen LogP) is 3.19. The van der Waals surface area contributed by atoms with Gasteiger partial charge in [-0.25, -0.2) is 9.59 Å². The van der Waals surface area contributed by atoms with E-state index in [0.29, 0.717) is 16.8 Å². The van der Waals surface area contributed by atoms with E-state index in [2.05, 4.69) is 5.32 Å². The number of amides is 1. The van der Waals surface area contributed by atoms with Crippen LogP contribution in [0.25, 0.3) is 11.1 Å². The van der Waals surface area contributed by atoms with Crippen molar-refractivity contribution in [1.29, 1.82) is 0 Å². The van der Waals surface area contributed by atoms with Crippen LogP contribution < -0.4 is 16.6 Å². The lowest BCUT2D eigenvalue weighted by atomic mass is 9.95. The maximum Gasteiger partial charge on any atom is 0.330 e. The Kier molecular flexibility index (Phi) is 7.87. The zero-order chi connectivity index (χ0) is 26.0. The van der Waals surface area contributed by atoms with Crippen LogP contribution in [0.15, 0.2) is 46.0 Å². The molecule has 1 atom stereocenters. The molecule has 0 bridgehead atoms. The van der Waals surface area contributed by atoms with Crippen LogP contribution in [-0.4, -0.2) is 34.2 Å². The zero-order valence-electron chi connectivity index (χ0n) is 19.9. The van der Waals surface area contributed by atoms with Crippen molar-refractivity contribution in [2.75, 3.05) is 7.11 Å². The van der Waals surface area contributed by atoms with Crippen LogP contribution in [-0.2, 0) is 30.0 Å². The molecule has 10 heteroatoms. The first-order chi connectivity index (χ1) is 16.5. The predicted molar refractivity (Wildman–Crippen MR) is 135 cm³/mol. The van der Waals surface area contributed by atoms with E-state index in [1.54, 1.807) is 32.2 Å². The summed E-state index contributed by atoms with van der Waals surface area (Å²) in [6.45, 7) is 3.55. The van der Waals surface area contributed by atoms with Gasteiger partial charge in [0.1, 0.15) is 6.04 Å². The smallest absolute Gasteiger partial charge is 0.330 e.